The average molecular weight is 342 g/mol. The van der Waals surface area contributed by atoms with Crippen molar-refractivity contribution in [2.24, 2.45) is 0 Å². The van der Waals surface area contributed by atoms with Gasteiger partial charge in [-0.05, 0) is 48.5 Å². The first-order valence-electron chi connectivity index (χ1n) is 6.52. The van der Waals surface area contributed by atoms with Gasteiger partial charge in [0, 0.05) is 23.4 Å². The fourth-order valence-electron chi connectivity index (χ4n) is 2.41. The summed E-state index contributed by atoms with van der Waals surface area (Å²) >= 11 is 13.3. The molecular formula is C15H13Cl2NO2S. The van der Waals surface area contributed by atoms with Crippen molar-refractivity contribution in [1.29, 1.82) is 0 Å². The number of nitrogens with one attached hydrogen (secondary N) is 1. The Bertz CT molecular complexity index is 699. The molecular weight excluding hydrogens is 329 g/mol. The lowest BCUT2D eigenvalue weighted by Gasteiger charge is -2.09. The van der Waals surface area contributed by atoms with Gasteiger partial charge >= 0.3 is 0 Å². The molecule has 1 N–H and O–H groups in total. The largest absolute Gasteiger partial charge is 0.487 e. The number of rotatable bonds is 4. The van der Waals surface area contributed by atoms with Crippen molar-refractivity contribution in [3.05, 3.63) is 39.7 Å². The normalized spacial score (nSPS) is 16.6. The third-order valence-electron chi connectivity index (χ3n) is 3.39. The molecule has 0 bridgehead atoms. The highest BCUT2D eigenvalue weighted by Gasteiger charge is 2.26. The van der Waals surface area contributed by atoms with Crippen LogP contribution in [0.4, 0.5) is 0 Å². The number of ketones is 1. The van der Waals surface area contributed by atoms with E-state index < -0.39 is 0 Å². The van der Waals surface area contributed by atoms with Crippen LogP contribution >= 0.6 is 34.7 Å². The lowest BCUT2D eigenvalue weighted by molar-refractivity contribution is 0.102. The summed E-state index contributed by atoms with van der Waals surface area (Å²) in [7, 11) is 0. The molecule has 0 radical (unpaired) electrons. The van der Waals surface area contributed by atoms with E-state index in [4.69, 9.17) is 28.1 Å². The molecule has 21 heavy (non-hydrogen) atoms. The fraction of sp³-hybridized carbons (Fsp3) is 0.267. The summed E-state index contributed by atoms with van der Waals surface area (Å²) in [5.41, 5.74) is 2.09. The van der Waals surface area contributed by atoms with Gasteiger partial charge in [0.1, 0.15) is 11.9 Å². The van der Waals surface area contributed by atoms with E-state index >= 15 is 0 Å². The number of fused-ring (bicyclic) bond motifs is 1. The van der Waals surface area contributed by atoms with Crippen molar-refractivity contribution in [3.8, 4) is 16.2 Å². The molecule has 0 spiro atoms. The first-order chi connectivity index (χ1) is 10.1. The zero-order valence-corrected chi connectivity index (χ0v) is 13.6. The summed E-state index contributed by atoms with van der Waals surface area (Å²) < 4.78 is 5.78. The summed E-state index contributed by atoms with van der Waals surface area (Å²) in [6.07, 6.45) is 0.773. The highest BCUT2D eigenvalue weighted by Crippen LogP contribution is 2.41. The van der Waals surface area contributed by atoms with Gasteiger partial charge < -0.3 is 4.74 Å². The second-order valence-electron chi connectivity index (χ2n) is 4.95. The summed E-state index contributed by atoms with van der Waals surface area (Å²) in [4.78, 5) is 15.8. The van der Waals surface area contributed by atoms with E-state index in [1.807, 2.05) is 18.2 Å². The number of benzene rings is 1. The number of halogens is 2. The van der Waals surface area contributed by atoms with E-state index in [0.717, 1.165) is 33.1 Å². The van der Waals surface area contributed by atoms with E-state index in [-0.39, 0.29) is 11.9 Å². The van der Waals surface area contributed by atoms with Crippen LogP contribution in [0.25, 0.3) is 10.4 Å². The van der Waals surface area contributed by atoms with E-state index in [0.29, 0.717) is 11.6 Å². The van der Waals surface area contributed by atoms with Crippen LogP contribution in [0.15, 0.2) is 24.3 Å². The smallest absolute Gasteiger partial charge is 0.169 e. The van der Waals surface area contributed by atoms with Crippen LogP contribution in [-0.4, -0.2) is 18.4 Å². The molecule has 1 aromatic heterocycles. The van der Waals surface area contributed by atoms with Crippen LogP contribution in [0.3, 0.4) is 0 Å². The van der Waals surface area contributed by atoms with Gasteiger partial charge in [0.05, 0.1) is 9.90 Å². The summed E-state index contributed by atoms with van der Waals surface area (Å²) in [5, 5.41) is 0.595. The van der Waals surface area contributed by atoms with Crippen LogP contribution in [0.2, 0.25) is 5.02 Å². The van der Waals surface area contributed by atoms with Crippen molar-refractivity contribution < 1.29 is 9.53 Å². The summed E-state index contributed by atoms with van der Waals surface area (Å²) in [6, 6.07) is 7.76. The van der Waals surface area contributed by atoms with Crippen LogP contribution < -0.4 is 9.57 Å². The molecule has 1 unspecified atom stereocenters. The maximum absolute atomic E-state index is 11.4. The van der Waals surface area contributed by atoms with Gasteiger partial charge in [-0.25, -0.2) is 4.84 Å². The SMILES string of the molecule is CC(=O)c1ccc(-c2cc(Cl)c3c(c2)CC(CNCl)O3)s1. The predicted octanol–water partition coefficient (Wildman–Crippen LogP) is 4.32. The molecule has 1 aliphatic rings. The summed E-state index contributed by atoms with van der Waals surface area (Å²) in [6.45, 7) is 2.14. The Labute approximate surface area is 136 Å². The Balaban J connectivity index is 1.94. The zero-order valence-electron chi connectivity index (χ0n) is 11.3. The van der Waals surface area contributed by atoms with Crippen molar-refractivity contribution in [2.45, 2.75) is 19.4 Å². The lowest BCUT2D eigenvalue weighted by atomic mass is 10.1. The molecule has 110 valence electrons. The van der Waals surface area contributed by atoms with Crippen molar-refractivity contribution in [3.63, 3.8) is 0 Å². The number of thiophene rings is 1. The standard InChI is InChI=1S/C15H13Cl2NO2S/c1-8(19)13-2-3-14(21-13)9-4-10-5-11(7-18-17)20-15(10)12(16)6-9/h2-4,6,11,18H,5,7H2,1H3. The Hall–Kier alpha value is -1.07. The molecule has 1 aliphatic heterocycles. The van der Waals surface area contributed by atoms with Gasteiger partial charge in [0.2, 0.25) is 0 Å². The van der Waals surface area contributed by atoms with E-state index in [9.17, 15) is 4.79 Å². The first kappa shape index (κ1) is 14.9. The second-order valence-corrected chi connectivity index (χ2v) is 6.71. The summed E-state index contributed by atoms with van der Waals surface area (Å²) in [5.74, 6) is 0.816. The minimum absolute atomic E-state index is 0.00127. The van der Waals surface area contributed by atoms with Gasteiger partial charge in [-0.15, -0.1) is 11.3 Å². The molecule has 0 aliphatic carbocycles. The predicted molar refractivity (Wildman–Crippen MR) is 86.7 cm³/mol. The van der Waals surface area contributed by atoms with Gasteiger partial charge in [0.15, 0.2) is 5.78 Å². The van der Waals surface area contributed by atoms with Crippen molar-refractivity contribution >= 4 is 40.5 Å². The first-order valence-corrected chi connectivity index (χ1v) is 8.09. The number of ether oxygens (including phenoxy) is 1. The maximum Gasteiger partial charge on any atom is 0.169 e. The Morgan fingerprint density at radius 2 is 2.29 bits per heavy atom. The Morgan fingerprint density at radius 1 is 1.48 bits per heavy atom. The van der Waals surface area contributed by atoms with Gasteiger partial charge in [-0.2, -0.15) is 0 Å². The number of hydrogen-bond acceptors (Lipinski definition) is 4. The van der Waals surface area contributed by atoms with Crippen LogP contribution in [0, 0.1) is 0 Å². The van der Waals surface area contributed by atoms with Crippen LogP contribution in [0.5, 0.6) is 5.75 Å². The molecule has 0 saturated heterocycles. The third kappa shape index (κ3) is 2.94. The number of Topliss-reactive ketones (excluding diaryl/α,β-unsaturated/α-hetero) is 1. The molecule has 6 heteroatoms. The van der Waals surface area contributed by atoms with Crippen molar-refractivity contribution in [2.75, 3.05) is 6.54 Å². The highest BCUT2D eigenvalue weighted by atomic mass is 35.5. The minimum atomic E-state index is 0.00127. The van der Waals surface area contributed by atoms with E-state index in [2.05, 4.69) is 10.9 Å². The quantitative estimate of drug-likeness (QED) is 0.664. The molecule has 1 atom stereocenters. The topological polar surface area (TPSA) is 38.3 Å². The lowest BCUT2D eigenvalue weighted by Crippen LogP contribution is -2.24. The van der Waals surface area contributed by atoms with Crippen LogP contribution in [0.1, 0.15) is 22.2 Å². The highest BCUT2D eigenvalue weighted by molar-refractivity contribution is 7.17. The fourth-order valence-corrected chi connectivity index (χ4v) is 3.76. The number of carbonyl (C=O) groups is 1. The molecule has 2 aromatic rings. The Morgan fingerprint density at radius 3 is 2.95 bits per heavy atom. The van der Waals surface area contributed by atoms with Gasteiger partial charge in [0.25, 0.3) is 0 Å². The maximum atomic E-state index is 11.4. The van der Waals surface area contributed by atoms with E-state index in [1.165, 1.54) is 11.3 Å². The average Bonchev–Trinajstić information content (AvgIpc) is 3.05. The third-order valence-corrected chi connectivity index (χ3v) is 5.07. The molecule has 3 rings (SSSR count). The number of carbonyl (C=O) groups excluding carboxylic acids is 1. The van der Waals surface area contributed by atoms with Crippen LogP contribution in [-0.2, 0) is 6.42 Å². The molecule has 3 nitrogen and oxygen atoms in total. The molecule has 1 aromatic carbocycles. The molecule has 0 saturated carbocycles. The van der Waals surface area contributed by atoms with Crippen molar-refractivity contribution in [1.82, 2.24) is 4.84 Å². The van der Waals surface area contributed by atoms with Gasteiger partial charge in [-0.3, -0.25) is 4.79 Å². The zero-order chi connectivity index (χ0) is 15.0. The minimum Gasteiger partial charge on any atom is -0.487 e. The molecule has 0 fully saturated rings. The Kier molecular flexibility index (Phi) is 4.22. The van der Waals surface area contributed by atoms with Gasteiger partial charge in [-0.1, -0.05) is 11.6 Å². The molecule has 0 amide bonds. The monoisotopic (exact) mass is 341 g/mol. The van der Waals surface area contributed by atoms with E-state index in [1.54, 1.807) is 6.92 Å². The second kappa shape index (κ2) is 5.97. The molecule has 2 heterocycles. The number of hydrogen-bond donors (Lipinski definition) is 1.